The number of rotatable bonds is 5. The van der Waals surface area contributed by atoms with Gasteiger partial charge in [0, 0.05) is 13.1 Å². The second-order valence-electron chi connectivity index (χ2n) is 3.01. The van der Waals surface area contributed by atoms with Crippen LogP contribution in [-0.4, -0.2) is 28.3 Å². The second-order valence-corrected chi connectivity index (χ2v) is 3.01. The third-order valence-corrected chi connectivity index (χ3v) is 2.15. The predicted molar refractivity (Wildman–Crippen MR) is 58.0 cm³/mol. The van der Waals surface area contributed by atoms with Crippen LogP contribution >= 0.6 is 0 Å². The van der Waals surface area contributed by atoms with Crippen LogP contribution in [0.5, 0.6) is 0 Å². The molecular weight excluding hydrogens is 194 g/mol. The first-order chi connectivity index (χ1) is 7.15. The highest BCUT2D eigenvalue weighted by Crippen LogP contribution is 2.18. The van der Waals surface area contributed by atoms with Gasteiger partial charge in [-0.05, 0) is 13.8 Å². The molecular formula is C9H15N5O. The third-order valence-electron chi connectivity index (χ3n) is 2.15. The van der Waals surface area contributed by atoms with Gasteiger partial charge in [-0.15, -0.1) is 0 Å². The summed E-state index contributed by atoms with van der Waals surface area (Å²) in [5.41, 5.74) is 5.75. The van der Waals surface area contributed by atoms with Crippen molar-refractivity contribution in [2.75, 3.05) is 11.4 Å². The highest BCUT2D eigenvalue weighted by atomic mass is 16.1. The van der Waals surface area contributed by atoms with Gasteiger partial charge < -0.3 is 10.3 Å². The fraction of sp³-hybridized carbons (Fsp3) is 0.444. The first-order valence-corrected chi connectivity index (χ1v) is 4.77. The number of hydrogen-bond acceptors (Lipinski definition) is 3. The summed E-state index contributed by atoms with van der Waals surface area (Å²) in [7, 11) is 0. The van der Waals surface area contributed by atoms with Crippen LogP contribution < -0.4 is 10.6 Å². The van der Waals surface area contributed by atoms with E-state index >= 15 is 0 Å². The standard InChI is InChI=1S/C9H15N5O/c1-3-13-5-12-7(8(10)11)9(13)14(4-2)6-15/h5-6H,3-4H2,1-2H3,(H3,10,11). The number of nitrogen functional groups attached to an aromatic ring is 1. The van der Waals surface area contributed by atoms with Crippen molar-refractivity contribution in [3.8, 4) is 0 Å². The number of imidazole rings is 1. The van der Waals surface area contributed by atoms with E-state index in [-0.39, 0.29) is 5.84 Å². The van der Waals surface area contributed by atoms with Crippen LogP contribution in [0.1, 0.15) is 19.5 Å². The summed E-state index contributed by atoms with van der Waals surface area (Å²) in [6.45, 7) is 4.99. The van der Waals surface area contributed by atoms with Gasteiger partial charge in [0.1, 0.15) is 17.3 Å². The Morgan fingerprint density at radius 2 is 2.40 bits per heavy atom. The maximum atomic E-state index is 10.9. The molecule has 82 valence electrons. The van der Waals surface area contributed by atoms with Crippen LogP contribution in [0.4, 0.5) is 5.82 Å². The Morgan fingerprint density at radius 1 is 1.73 bits per heavy atom. The Morgan fingerprint density at radius 3 is 2.80 bits per heavy atom. The zero-order valence-electron chi connectivity index (χ0n) is 8.90. The number of nitrogens with zero attached hydrogens (tertiary/aromatic N) is 3. The number of aryl methyl sites for hydroxylation is 1. The fourth-order valence-corrected chi connectivity index (χ4v) is 1.37. The van der Waals surface area contributed by atoms with Crippen LogP contribution in [0.25, 0.3) is 0 Å². The number of carbonyl (C=O) groups is 1. The summed E-state index contributed by atoms with van der Waals surface area (Å²) < 4.78 is 1.79. The Labute approximate surface area is 88.2 Å². The number of nitrogens with one attached hydrogen (secondary N) is 1. The molecule has 6 heteroatoms. The maximum absolute atomic E-state index is 10.9. The molecule has 6 nitrogen and oxygen atoms in total. The van der Waals surface area contributed by atoms with E-state index in [0.717, 1.165) is 6.41 Å². The van der Waals surface area contributed by atoms with E-state index in [0.29, 0.717) is 24.6 Å². The molecule has 0 saturated carbocycles. The Kier molecular flexibility index (Phi) is 3.43. The minimum atomic E-state index is -0.127. The maximum Gasteiger partial charge on any atom is 0.215 e. The zero-order valence-corrected chi connectivity index (χ0v) is 8.90. The molecule has 0 atom stereocenters. The first-order valence-electron chi connectivity index (χ1n) is 4.77. The lowest BCUT2D eigenvalue weighted by Gasteiger charge is -2.17. The van der Waals surface area contributed by atoms with Crippen molar-refractivity contribution in [1.82, 2.24) is 9.55 Å². The quantitative estimate of drug-likeness (QED) is 0.411. The third kappa shape index (κ3) is 1.98. The fourth-order valence-electron chi connectivity index (χ4n) is 1.37. The van der Waals surface area contributed by atoms with Gasteiger partial charge in [0.2, 0.25) is 6.41 Å². The van der Waals surface area contributed by atoms with Gasteiger partial charge in [-0.3, -0.25) is 15.1 Å². The molecule has 0 unspecified atom stereocenters. The normalized spacial score (nSPS) is 10.0. The smallest absolute Gasteiger partial charge is 0.215 e. The minimum Gasteiger partial charge on any atom is -0.382 e. The Bertz CT molecular complexity index is 371. The Balaban J connectivity index is 3.26. The second kappa shape index (κ2) is 4.59. The number of anilines is 1. The monoisotopic (exact) mass is 209 g/mol. The number of amides is 1. The average Bonchev–Trinajstić information content (AvgIpc) is 2.64. The lowest BCUT2D eigenvalue weighted by atomic mass is 10.3. The van der Waals surface area contributed by atoms with Crippen molar-refractivity contribution in [1.29, 1.82) is 5.41 Å². The molecule has 0 saturated heterocycles. The molecule has 0 aliphatic carbocycles. The number of carbonyl (C=O) groups excluding carboxylic acids is 1. The zero-order chi connectivity index (χ0) is 11.4. The molecule has 1 heterocycles. The van der Waals surface area contributed by atoms with Gasteiger partial charge in [0.25, 0.3) is 0 Å². The van der Waals surface area contributed by atoms with Gasteiger partial charge in [-0.25, -0.2) is 4.98 Å². The summed E-state index contributed by atoms with van der Waals surface area (Å²) >= 11 is 0. The topological polar surface area (TPSA) is 88.0 Å². The molecule has 1 rings (SSSR count). The number of nitrogens with two attached hydrogens (primary N) is 1. The Hall–Kier alpha value is -1.85. The molecule has 0 spiro atoms. The molecule has 1 amide bonds. The lowest BCUT2D eigenvalue weighted by Crippen LogP contribution is -2.26. The van der Waals surface area contributed by atoms with E-state index in [9.17, 15) is 4.79 Å². The molecule has 0 aliphatic heterocycles. The summed E-state index contributed by atoms with van der Waals surface area (Å²) in [5.74, 6) is 0.458. The molecule has 0 bridgehead atoms. The van der Waals surface area contributed by atoms with Gasteiger partial charge in [-0.2, -0.15) is 0 Å². The molecule has 1 aromatic rings. The summed E-state index contributed by atoms with van der Waals surface area (Å²) in [4.78, 5) is 16.3. The summed E-state index contributed by atoms with van der Waals surface area (Å²) in [6, 6.07) is 0. The van der Waals surface area contributed by atoms with E-state index in [1.807, 2.05) is 13.8 Å². The van der Waals surface area contributed by atoms with Crippen molar-refractivity contribution >= 4 is 18.1 Å². The van der Waals surface area contributed by atoms with Crippen LogP contribution in [-0.2, 0) is 11.3 Å². The molecule has 15 heavy (non-hydrogen) atoms. The van der Waals surface area contributed by atoms with Crippen LogP contribution in [0.3, 0.4) is 0 Å². The lowest BCUT2D eigenvalue weighted by molar-refractivity contribution is -0.107. The number of hydrogen-bond donors (Lipinski definition) is 2. The van der Waals surface area contributed by atoms with Crippen LogP contribution in [0.2, 0.25) is 0 Å². The van der Waals surface area contributed by atoms with Gasteiger partial charge in [0.05, 0.1) is 6.33 Å². The highest BCUT2D eigenvalue weighted by Gasteiger charge is 2.17. The van der Waals surface area contributed by atoms with Gasteiger partial charge in [-0.1, -0.05) is 0 Å². The van der Waals surface area contributed by atoms with Crippen molar-refractivity contribution in [2.45, 2.75) is 20.4 Å². The first kappa shape index (κ1) is 11.2. The summed E-state index contributed by atoms with van der Waals surface area (Å²) in [6.07, 6.45) is 2.30. The largest absolute Gasteiger partial charge is 0.382 e. The van der Waals surface area contributed by atoms with Crippen LogP contribution in [0, 0.1) is 5.41 Å². The molecule has 0 radical (unpaired) electrons. The SMILES string of the molecule is CCN(C=O)c1c(C(=N)N)ncn1CC. The summed E-state index contributed by atoms with van der Waals surface area (Å²) in [5, 5.41) is 7.37. The van der Waals surface area contributed by atoms with E-state index < -0.39 is 0 Å². The number of amidine groups is 1. The molecule has 1 aromatic heterocycles. The van der Waals surface area contributed by atoms with E-state index in [1.54, 1.807) is 10.9 Å². The number of aromatic nitrogens is 2. The van der Waals surface area contributed by atoms with Crippen molar-refractivity contribution < 1.29 is 4.79 Å². The molecule has 0 fully saturated rings. The highest BCUT2D eigenvalue weighted by molar-refractivity contribution is 5.99. The van der Waals surface area contributed by atoms with Gasteiger partial charge in [0.15, 0.2) is 0 Å². The van der Waals surface area contributed by atoms with Crippen molar-refractivity contribution in [3.63, 3.8) is 0 Å². The minimum absolute atomic E-state index is 0.127. The van der Waals surface area contributed by atoms with Crippen molar-refractivity contribution in [3.05, 3.63) is 12.0 Å². The van der Waals surface area contributed by atoms with Gasteiger partial charge >= 0.3 is 0 Å². The van der Waals surface area contributed by atoms with E-state index in [1.165, 1.54) is 4.90 Å². The average molecular weight is 209 g/mol. The molecule has 0 aromatic carbocycles. The molecule has 3 N–H and O–H groups in total. The molecule has 0 aliphatic rings. The van der Waals surface area contributed by atoms with E-state index in [4.69, 9.17) is 11.1 Å². The predicted octanol–water partition coefficient (Wildman–Crippen LogP) is 0.170. The van der Waals surface area contributed by atoms with E-state index in [2.05, 4.69) is 4.98 Å². The van der Waals surface area contributed by atoms with Crippen molar-refractivity contribution in [2.24, 2.45) is 5.73 Å². The van der Waals surface area contributed by atoms with Crippen LogP contribution in [0.15, 0.2) is 6.33 Å².